The molecule has 4 nitrogen and oxygen atoms in total. The summed E-state index contributed by atoms with van der Waals surface area (Å²) in [7, 11) is -3.93. The molecular weight excluding hydrogens is 204 g/mol. The molecular formula is C9H12O4S. The van der Waals surface area contributed by atoms with Crippen molar-refractivity contribution in [3.63, 3.8) is 0 Å². The van der Waals surface area contributed by atoms with E-state index in [1.807, 2.05) is 0 Å². The highest BCUT2D eigenvalue weighted by molar-refractivity contribution is 7.82. The molecule has 0 amide bonds. The molecule has 1 aromatic rings. The number of hydrogen-bond donors (Lipinski definition) is 0. The van der Waals surface area contributed by atoms with Crippen molar-refractivity contribution in [1.82, 2.24) is 0 Å². The van der Waals surface area contributed by atoms with Gasteiger partial charge in [0.2, 0.25) is 0 Å². The van der Waals surface area contributed by atoms with Crippen LogP contribution in [0.25, 0.3) is 0 Å². The second-order valence-electron chi connectivity index (χ2n) is 2.95. The van der Waals surface area contributed by atoms with Gasteiger partial charge >= 0.3 is 10.4 Å². The van der Waals surface area contributed by atoms with E-state index in [0.29, 0.717) is 0 Å². The van der Waals surface area contributed by atoms with E-state index in [1.54, 1.807) is 44.2 Å². The van der Waals surface area contributed by atoms with Crippen molar-refractivity contribution in [2.24, 2.45) is 0 Å². The minimum absolute atomic E-state index is 0.244. The van der Waals surface area contributed by atoms with Crippen LogP contribution in [-0.4, -0.2) is 14.5 Å². The highest BCUT2D eigenvalue weighted by atomic mass is 32.3. The van der Waals surface area contributed by atoms with Crippen LogP contribution in [0.5, 0.6) is 5.75 Å². The maximum Gasteiger partial charge on any atom is 0.449 e. The molecule has 0 aliphatic carbocycles. The van der Waals surface area contributed by atoms with Gasteiger partial charge in [-0.2, -0.15) is 8.42 Å². The SMILES string of the molecule is CC(C)OS(=O)(=O)Oc1ccccc1. The lowest BCUT2D eigenvalue weighted by atomic mass is 10.3. The second kappa shape index (κ2) is 4.43. The Hall–Kier alpha value is -1.07. The quantitative estimate of drug-likeness (QED) is 0.769. The Morgan fingerprint density at radius 3 is 2.21 bits per heavy atom. The molecule has 14 heavy (non-hydrogen) atoms. The summed E-state index contributed by atoms with van der Waals surface area (Å²) in [6.07, 6.45) is -0.427. The molecule has 0 unspecified atom stereocenters. The summed E-state index contributed by atoms with van der Waals surface area (Å²) < 4.78 is 31.6. The standard InChI is InChI=1S/C9H12O4S/c1-8(2)12-14(10,11)13-9-6-4-3-5-7-9/h3-8H,1-2H3. The molecule has 0 fully saturated rings. The van der Waals surface area contributed by atoms with Crippen LogP contribution in [0.1, 0.15) is 13.8 Å². The first-order chi connectivity index (χ1) is 6.49. The van der Waals surface area contributed by atoms with Crippen LogP contribution in [0.15, 0.2) is 30.3 Å². The van der Waals surface area contributed by atoms with Crippen LogP contribution in [0.2, 0.25) is 0 Å². The maximum absolute atomic E-state index is 11.2. The van der Waals surface area contributed by atoms with Gasteiger partial charge in [-0.05, 0) is 26.0 Å². The van der Waals surface area contributed by atoms with Gasteiger partial charge in [-0.1, -0.05) is 18.2 Å². The molecule has 5 heteroatoms. The molecule has 78 valence electrons. The Morgan fingerprint density at radius 2 is 1.71 bits per heavy atom. The summed E-state index contributed by atoms with van der Waals surface area (Å²) in [4.78, 5) is 0. The molecule has 0 saturated heterocycles. The zero-order valence-corrected chi connectivity index (χ0v) is 8.82. The van der Waals surface area contributed by atoms with Crippen molar-refractivity contribution in [2.45, 2.75) is 20.0 Å². The highest BCUT2D eigenvalue weighted by Crippen LogP contribution is 2.13. The fraction of sp³-hybridized carbons (Fsp3) is 0.333. The Kier molecular flexibility index (Phi) is 3.49. The Bertz CT molecular complexity index is 369. The first-order valence-corrected chi connectivity index (χ1v) is 5.51. The van der Waals surface area contributed by atoms with Crippen LogP contribution >= 0.6 is 0 Å². The fourth-order valence-electron chi connectivity index (χ4n) is 0.849. The van der Waals surface area contributed by atoms with Crippen molar-refractivity contribution in [3.05, 3.63) is 30.3 Å². The third kappa shape index (κ3) is 3.76. The molecule has 0 bridgehead atoms. The minimum Gasteiger partial charge on any atom is -0.362 e. The summed E-state index contributed by atoms with van der Waals surface area (Å²) in [5.74, 6) is 0.244. The minimum atomic E-state index is -3.93. The van der Waals surface area contributed by atoms with Gasteiger partial charge in [0.15, 0.2) is 0 Å². The smallest absolute Gasteiger partial charge is 0.362 e. The van der Waals surface area contributed by atoms with E-state index in [0.717, 1.165) is 0 Å². The lowest BCUT2D eigenvalue weighted by Gasteiger charge is -2.08. The predicted octanol–water partition coefficient (Wildman–Crippen LogP) is 1.74. The van der Waals surface area contributed by atoms with Gasteiger partial charge in [0, 0.05) is 0 Å². The molecule has 0 atom stereocenters. The van der Waals surface area contributed by atoms with Gasteiger partial charge in [-0.15, -0.1) is 0 Å². The fourth-order valence-corrected chi connectivity index (χ4v) is 1.71. The van der Waals surface area contributed by atoms with E-state index in [4.69, 9.17) is 0 Å². The Labute approximate surface area is 83.8 Å². The topological polar surface area (TPSA) is 52.6 Å². The normalized spacial score (nSPS) is 11.6. The lowest BCUT2D eigenvalue weighted by Crippen LogP contribution is -2.17. The maximum atomic E-state index is 11.2. The molecule has 0 spiro atoms. The zero-order valence-electron chi connectivity index (χ0n) is 8.01. The van der Waals surface area contributed by atoms with Crippen LogP contribution in [0.3, 0.4) is 0 Å². The van der Waals surface area contributed by atoms with Gasteiger partial charge < -0.3 is 4.18 Å². The van der Waals surface area contributed by atoms with E-state index in [-0.39, 0.29) is 5.75 Å². The molecule has 0 aliphatic rings. The number of benzene rings is 1. The summed E-state index contributed by atoms with van der Waals surface area (Å²) in [5.41, 5.74) is 0. The summed E-state index contributed by atoms with van der Waals surface area (Å²) >= 11 is 0. The van der Waals surface area contributed by atoms with E-state index in [9.17, 15) is 8.42 Å². The summed E-state index contributed by atoms with van der Waals surface area (Å²) in [6.45, 7) is 3.23. The molecule has 0 aromatic heterocycles. The van der Waals surface area contributed by atoms with Crippen molar-refractivity contribution >= 4 is 10.4 Å². The first kappa shape index (κ1) is 11.0. The Morgan fingerprint density at radius 1 is 1.14 bits per heavy atom. The van der Waals surface area contributed by atoms with Gasteiger partial charge in [0.1, 0.15) is 5.75 Å². The zero-order chi connectivity index (χ0) is 10.6. The number of rotatable bonds is 4. The van der Waals surface area contributed by atoms with Crippen molar-refractivity contribution < 1.29 is 16.8 Å². The van der Waals surface area contributed by atoms with Crippen LogP contribution < -0.4 is 4.18 Å². The number of para-hydroxylation sites is 1. The average Bonchev–Trinajstić information content (AvgIpc) is 2.02. The van der Waals surface area contributed by atoms with Crippen LogP contribution in [-0.2, 0) is 14.6 Å². The van der Waals surface area contributed by atoms with Crippen molar-refractivity contribution in [3.8, 4) is 5.75 Å². The predicted molar refractivity (Wildman–Crippen MR) is 52.2 cm³/mol. The number of hydrogen-bond acceptors (Lipinski definition) is 4. The van der Waals surface area contributed by atoms with Gasteiger partial charge in [0.05, 0.1) is 6.10 Å². The van der Waals surface area contributed by atoms with Crippen LogP contribution in [0.4, 0.5) is 0 Å². The third-order valence-electron chi connectivity index (χ3n) is 1.25. The molecule has 0 saturated carbocycles. The molecule has 0 N–H and O–H groups in total. The molecule has 0 radical (unpaired) electrons. The largest absolute Gasteiger partial charge is 0.449 e. The molecule has 1 rings (SSSR count). The molecule has 0 heterocycles. The van der Waals surface area contributed by atoms with E-state index >= 15 is 0 Å². The van der Waals surface area contributed by atoms with Crippen LogP contribution in [0, 0.1) is 0 Å². The monoisotopic (exact) mass is 216 g/mol. The third-order valence-corrected chi connectivity index (χ3v) is 2.27. The van der Waals surface area contributed by atoms with Gasteiger partial charge in [-0.3, -0.25) is 0 Å². The summed E-state index contributed by atoms with van der Waals surface area (Å²) in [5, 5.41) is 0. The molecule has 0 aliphatic heterocycles. The van der Waals surface area contributed by atoms with Gasteiger partial charge in [0.25, 0.3) is 0 Å². The molecule has 1 aromatic carbocycles. The Balaban J connectivity index is 2.70. The highest BCUT2D eigenvalue weighted by Gasteiger charge is 2.15. The van der Waals surface area contributed by atoms with E-state index in [2.05, 4.69) is 8.37 Å². The van der Waals surface area contributed by atoms with E-state index < -0.39 is 16.5 Å². The second-order valence-corrected chi connectivity index (χ2v) is 4.13. The first-order valence-electron chi connectivity index (χ1n) is 4.17. The van der Waals surface area contributed by atoms with E-state index in [1.165, 1.54) is 0 Å². The lowest BCUT2D eigenvalue weighted by molar-refractivity contribution is 0.217. The van der Waals surface area contributed by atoms with Crippen molar-refractivity contribution in [2.75, 3.05) is 0 Å². The average molecular weight is 216 g/mol. The summed E-state index contributed by atoms with van der Waals surface area (Å²) in [6, 6.07) is 8.21. The van der Waals surface area contributed by atoms with Gasteiger partial charge in [-0.25, -0.2) is 4.18 Å². The van der Waals surface area contributed by atoms with Crippen molar-refractivity contribution in [1.29, 1.82) is 0 Å².